The zero-order valence-corrected chi connectivity index (χ0v) is 11.4. The van der Waals surface area contributed by atoms with E-state index in [1.54, 1.807) is 11.6 Å². The Morgan fingerprint density at radius 1 is 1.43 bits per heavy atom. The van der Waals surface area contributed by atoms with Crippen LogP contribution in [0.15, 0.2) is 47.0 Å². The fourth-order valence-electron chi connectivity index (χ4n) is 1.73. The van der Waals surface area contributed by atoms with Gasteiger partial charge in [-0.3, -0.25) is 9.20 Å². The highest BCUT2D eigenvalue weighted by atomic mass is 32.1. The minimum Gasteiger partial charge on any atom is -0.619 e. The molecule has 0 bridgehead atoms. The fourth-order valence-corrected chi connectivity index (χ4v) is 2.47. The van der Waals surface area contributed by atoms with Crippen LogP contribution >= 0.6 is 11.3 Å². The van der Waals surface area contributed by atoms with Crippen LogP contribution < -0.4 is 10.3 Å². The summed E-state index contributed by atoms with van der Waals surface area (Å²) in [4.78, 5) is 28.3. The molecule has 21 heavy (non-hydrogen) atoms. The molecule has 0 aliphatic heterocycles. The lowest BCUT2D eigenvalue weighted by molar-refractivity contribution is -0.605. The molecule has 0 aromatic carbocycles. The number of carbonyl (C=O) groups excluding carboxylic acids is 1. The van der Waals surface area contributed by atoms with Crippen LogP contribution in [0.1, 0.15) is 16.1 Å². The monoisotopic (exact) mass is 303 g/mol. The average molecular weight is 303 g/mol. The van der Waals surface area contributed by atoms with E-state index in [4.69, 9.17) is 4.74 Å². The molecule has 0 fully saturated rings. The van der Waals surface area contributed by atoms with Crippen molar-refractivity contribution in [3.05, 3.63) is 69.0 Å². The van der Waals surface area contributed by atoms with Gasteiger partial charge in [0.15, 0.2) is 17.4 Å². The number of ether oxygens (including phenoxy) is 1. The van der Waals surface area contributed by atoms with Crippen molar-refractivity contribution in [3.63, 3.8) is 0 Å². The summed E-state index contributed by atoms with van der Waals surface area (Å²) < 4.78 is 7.07. The molecule has 3 aromatic heterocycles. The Morgan fingerprint density at radius 2 is 2.19 bits per heavy atom. The lowest BCUT2D eigenvalue weighted by Crippen LogP contribution is -2.24. The van der Waals surface area contributed by atoms with E-state index in [1.165, 1.54) is 46.3 Å². The van der Waals surface area contributed by atoms with Crippen LogP contribution in [0.3, 0.4) is 0 Å². The maximum absolute atomic E-state index is 11.8. The van der Waals surface area contributed by atoms with Gasteiger partial charge in [-0.2, -0.15) is 4.73 Å². The minimum atomic E-state index is -0.580. The number of hydrogen-bond donors (Lipinski definition) is 0. The summed E-state index contributed by atoms with van der Waals surface area (Å²) >= 11 is 1.32. The van der Waals surface area contributed by atoms with Gasteiger partial charge in [0.1, 0.15) is 6.61 Å². The molecular weight excluding hydrogens is 294 g/mol. The van der Waals surface area contributed by atoms with Crippen LogP contribution in [0, 0.1) is 5.21 Å². The third-order valence-corrected chi connectivity index (χ3v) is 3.50. The Bertz CT molecular complexity index is 854. The second-order valence-electron chi connectivity index (χ2n) is 4.16. The smallest absolute Gasteiger partial charge is 0.338 e. The summed E-state index contributed by atoms with van der Waals surface area (Å²) in [7, 11) is 0. The number of nitrogens with zero attached hydrogens (tertiary/aromatic N) is 3. The predicted molar refractivity (Wildman–Crippen MR) is 73.9 cm³/mol. The van der Waals surface area contributed by atoms with Crippen molar-refractivity contribution in [2.45, 2.75) is 6.61 Å². The number of rotatable bonds is 3. The van der Waals surface area contributed by atoms with Crippen LogP contribution in [-0.4, -0.2) is 15.4 Å². The summed E-state index contributed by atoms with van der Waals surface area (Å²) in [6.45, 7) is -0.102. The number of fused-ring (bicyclic) bond motifs is 1. The zero-order valence-electron chi connectivity index (χ0n) is 10.6. The van der Waals surface area contributed by atoms with Gasteiger partial charge in [-0.15, -0.1) is 11.3 Å². The first kappa shape index (κ1) is 13.3. The molecule has 0 saturated heterocycles. The molecule has 0 N–H and O–H groups in total. The van der Waals surface area contributed by atoms with Crippen molar-refractivity contribution in [2.24, 2.45) is 0 Å². The van der Waals surface area contributed by atoms with E-state index in [0.717, 1.165) is 0 Å². The molecule has 3 rings (SSSR count). The first-order chi connectivity index (χ1) is 10.1. The molecule has 8 heteroatoms. The van der Waals surface area contributed by atoms with Crippen molar-refractivity contribution < 1.29 is 14.3 Å². The molecule has 0 saturated carbocycles. The van der Waals surface area contributed by atoms with E-state index in [9.17, 15) is 14.8 Å². The molecule has 0 radical (unpaired) electrons. The summed E-state index contributed by atoms with van der Waals surface area (Å²) in [6, 6.07) is 4.05. The highest BCUT2D eigenvalue weighted by molar-refractivity contribution is 7.15. The first-order valence-electron chi connectivity index (χ1n) is 5.95. The van der Waals surface area contributed by atoms with Crippen LogP contribution in [0.25, 0.3) is 4.96 Å². The maximum atomic E-state index is 11.8. The van der Waals surface area contributed by atoms with Crippen molar-refractivity contribution in [1.29, 1.82) is 0 Å². The predicted octanol–water partition coefficient (Wildman–Crippen LogP) is 0.746. The van der Waals surface area contributed by atoms with Gasteiger partial charge in [-0.05, 0) is 0 Å². The second-order valence-corrected chi connectivity index (χ2v) is 5.04. The van der Waals surface area contributed by atoms with Crippen molar-refractivity contribution in [3.8, 4) is 0 Å². The molecule has 0 atom stereocenters. The molecule has 0 amide bonds. The number of hydrogen-bond acceptors (Lipinski definition) is 6. The Labute approximate surface area is 122 Å². The highest BCUT2D eigenvalue weighted by Crippen LogP contribution is 2.08. The summed E-state index contributed by atoms with van der Waals surface area (Å²) in [5, 5.41) is 12.6. The van der Waals surface area contributed by atoms with Gasteiger partial charge in [0.2, 0.25) is 0 Å². The minimum absolute atomic E-state index is 0.102. The van der Waals surface area contributed by atoms with Gasteiger partial charge in [-0.25, -0.2) is 9.78 Å². The first-order valence-corrected chi connectivity index (χ1v) is 6.83. The van der Waals surface area contributed by atoms with Crippen LogP contribution in [0.5, 0.6) is 0 Å². The lowest BCUT2D eigenvalue weighted by atomic mass is 10.3. The van der Waals surface area contributed by atoms with E-state index in [2.05, 4.69) is 4.98 Å². The Balaban J connectivity index is 1.75. The Kier molecular flexibility index (Phi) is 3.36. The molecule has 3 aromatic rings. The molecule has 3 heterocycles. The molecule has 106 valence electrons. The summed E-state index contributed by atoms with van der Waals surface area (Å²) in [5.41, 5.74) is 0.418. The topological polar surface area (TPSA) is 87.6 Å². The molecule has 0 aliphatic rings. The largest absolute Gasteiger partial charge is 0.619 e. The average Bonchev–Trinajstić information content (AvgIpc) is 2.94. The van der Waals surface area contributed by atoms with Gasteiger partial charge in [0, 0.05) is 29.8 Å². The molecule has 0 aliphatic carbocycles. The van der Waals surface area contributed by atoms with Gasteiger partial charge in [0.25, 0.3) is 5.56 Å². The summed E-state index contributed by atoms with van der Waals surface area (Å²) in [5.74, 6) is -0.580. The molecule has 0 spiro atoms. The molecular formula is C13H9N3O4S. The van der Waals surface area contributed by atoms with Crippen LogP contribution in [0.4, 0.5) is 0 Å². The maximum Gasteiger partial charge on any atom is 0.338 e. The van der Waals surface area contributed by atoms with Gasteiger partial charge in [-0.1, -0.05) is 0 Å². The van der Waals surface area contributed by atoms with Crippen molar-refractivity contribution in [1.82, 2.24) is 9.38 Å². The second kappa shape index (κ2) is 5.33. The van der Waals surface area contributed by atoms with E-state index in [-0.39, 0.29) is 17.7 Å². The van der Waals surface area contributed by atoms with E-state index < -0.39 is 5.97 Å². The lowest BCUT2D eigenvalue weighted by Gasteiger charge is -2.04. The molecule has 0 unspecified atom stereocenters. The van der Waals surface area contributed by atoms with Crippen molar-refractivity contribution >= 4 is 22.3 Å². The number of esters is 1. The van der Waals surface area contributed by atoms with E-state index >= 15 is 0 Å². The normalized spacial score (nSPS) is 10.7. The van der Waals surface area contributed by atoms with Crippen molar-refractivity contribution in [2.75, 3.05) is 0 Å². The number of carbonyl (C=O) groups is 1. The third-order valence-electron chi connectivity index (χ3n) is 2.75. The SMILES string of the molecule is O=C(OCc1cc(=O)n2ccsc2n1)c1cc[n+]([O-])cc1. The molecule has 7 nitrogen and oxygen atoms in total. The Hall–Kier alpha value is -2.74. The van der Waals surface area contributed by atoms with Gasteiger partial charge < -0.3 is 9.94 Å². The number of thiazole rings is 1. The standard InChI is InChI=1S/C13H9N3O4S/c17-11-7-10(14-13-16(11)5-6-21-13)8-20-12(18)9-1-3-15(19)4-2-9/h1-7H,8H2. The van der Waals surface area contributed by atoms with Gasteiger partial charge in [0.05, 0.1) is 11.3 Å². The van der Waals surface area contributed by atoms with Crippen LogP contribution in [0.2, 0.25) is 0 Å². The van der Waals surface area contributed by atoms with E-state index in [1.807, 2.05) is 0 Å². The van der Waals surface area contributed by atoms with Crippen LogP contribution in [-0.2, 0) is 11.3 Å². The summed E-state index contributed by atoms with van der Waals surface area (Å²) in [6.07, 6.45) is 4.05. The highest BCUT2D eigenvalue weighted by Gasteiger charge is 2.10. The quantitative estimate of drug-likeness (QED) is 0.405. The zero-order chi connectivity index (χ0) is 14.8. The fraction of sp³-hybridized carbons (Fsp3) is 0.0769. The van der Waals surface area contributed by atoms with Gasteiger partial charge >= 0.3 is 5.97 Å². The Morgan fingerprint density at radius 3 is 2.95 bits per heavy atom. The number of aromatic nitrogens is 3. The third kappa shape index (κ3) is 2.75. The number of pyridine rings is 1. The van der Waals surface area contributed by atoms with E-state index in [0.29, 0.717) is 15.4 Å².